The number of hydrogen-bond donors (Lipinski definition) is 2. The van der Waals surface area contributed by atoms with Crippen LogP contribution in [-0.2, 0) is 35.7 Å². The van der Waals surface area contributed by atoms with E-state index in [1.807, 2.05) is 18.7 Å². The average Bonchev–Trinajstić information content (AvgIpc) is 2.87. The van der Waals surface area contributed by atoms with E-state index in [0.717, 1.165) is 49.2 Å². The zero-order valence-corrected chi connectivity index (χ0v) is 21.9. The summed E-state index contributed by atoms with van der Waals surface area (Å²) >= 11 is 6.21. The van der Waals surface area contributed by atoms with Crippen LogP contribution in [0.3, 0.4) is 0 Å². The van der Waals surface area contributed by atoms with Crippen LogP contribution in [0.5, 0.6) is 0 Å². The standard InChI is InChI=1S/C24H30ClFN6O2.C2H6/c25-23-29-20-2-5-31(22(33)24(3-1-4-24)32-6-8-34-9-7-32)15-19(20)21(30-23)28-14-17-10-16(13-26)11-18(27)12-17;1-2/h10-12H,1-9,13-15,27H2,(H,28,29,30);1-2H3. The minimum Gasteiger partial charge on any atom is -0.399 e. The summed E-state index contributed by atoms with van der Waals surface area (Å²) < 4.78 is 18.7. The molecule has 36 heavy (non-hydrogen) atoms. The Balaban J connectivity index is 0.00000148. The van der Waals surface area contributed by atoms with Gasteiger partial charge in [-0.3, -0.25) is 9.69 Å². The number of rotatable bonds is 6. The number of carbonyl (C=O) groups is 1. The molecule has 8 nitrogen and oxygen atoms in total. The Morgan fingerprint density at radius 3 is 2.56 bits per heavy atom. The van der Waals surface area contributed by atoms with Crippen molar-refractivity contribution in [3.05, 3.63) is 45.9 Å². The Morgan fingerprint density at radius 2 is 1.89 bits per heavy atom. The minimum absolute atomic E-state index is 0.168. The lowest BCUT2D eigenvalue weighted by atomic mass is 9.73. The minimum atomic E-state index is -0.575. The number of aromatic nitrogens is 2. The molecule has 3 heterocycles. The summed E-state index contributed by atoms with van der Waals surface area (Å²) in [7, 11) is 0. The number of nitrogens with two attached hydrogens (primary N) is 1. The highest BCUT2D eigenvalue weighted by Crippen LogP contribution is 2.41. The summed E-state index contributed by atoms with van der Waals surface area (Å²) in [6, 6.07) is 5.21. The Labute approximate surface area is 217 Å². The fourth-order valence-corrected chi connectivity index (χ4v) is 5.51. The zero-order chi connectivity index (χ0) is 25.7. The second-order valence-electron chi connectivity index (χ2n) is 9.30. The Kier molecular flexibility index (Phi) is 8.64. The Bertz CT molecular complexity index is 1070. The van der Waals surface area contributed by atoms with Crippen LogP contribution in [0.25, 0.3) is 0 Å². The molecule has 2 aromatic rings. The molecule has 3 N–H and O–H groups in total. The lowest BCUT2D eigenvalue weighted by Gasteiger charge is -2.52. The predicted octanol–water partition coefficient (Wildman–Crippen LogP) is 3.96. The van der Waals surface area contributed by atoms with Crippen LogP contribution in [0.2, 0.25) is 5.28 Å². The third-order valence-corrected chi connectivity index (χ3v) is 7.37. The van der Waals surface area contributed by atoms with Gasteiger partial charge in [-0.25, -0.2) is 14.4 Å². The second-order valence-corrected chi connectivity index (χ2v) is 9.64. The molecule has 196 valence electrons. The number of ether oxygens (including phenoxy) is 1. The highest BCUT2D eigenvalue weighted by molar-refractivity contribution is 6.28. The van der Waals surface area contributed by atoms with Crippen molar-refractivity contribution >= 4 is 29.0 Å². The first-order valence-corrected chi connectivity index (χ1v) is 13.2. The van der Waals surface area contributed by atoms with E-state index < -0.39 is 12.2 Å². The van der Waals surface area contributed by atoms with Crippen molar-refractivity contribution in [3.63, 3.8) is 0 Å². The number of nitrogen functional groups attached to an aromatic ring is 1. The molecule has 1 aromatic heterocycles. The fourth-order valence-electron chi connectivity index (χ4n) is 5.32. The maximum atomic E-state index is 13.8. The first-order chi connectivity index (χ1) is 17.5. The normalized spacial score (nSPS) is 18.9. The molecule has 0 atom stereocenters. The molecule has 1 saturated heterocycles. The van der Waals surface area contributed by atoms with Gasteiger partial charge in [0.2, 0.25) is 11.2 Å². The number of alkyl halides is 1. The number of morpholine rings is 1. The fraction of sp³-hybridized carbons (Fsp3) is 0.577. The van der Waals surface area contributed by atoms with Crippen LogP contribution in [0.15, 0.2) is 18.2 Å². The van der Waals surface area contributed by atoms with Gasteiger partial charge < -0.3 is 20.7 Å². The number of amides is 1. The Hall–Kier alpha value is -2.49. The van der Waals surface area contributed by atoms with Crippen LogP contribution < -0.4 is 11.1 Å². The van der Waals surface area contributed by atoms with Gasteiger partial charge in [0.15, 0.2) is 0 Å². The highest BCUT2D eigenvalue weighted by atomic mass is 35.5. The van der Waals surface area contributed by atoms with E-state index in [-0.39, 0.29) is 11.2 Å². The topological polar surface area (TPSA) is 96.6 Å². The van der Waals surface area contributed by atoms with Crippen LogP contribution in [0.1, 0.15) is 55.5 Å². The first kappa shape index (κ1) is 26.6. The van der Waals surface area contributed by atoms with Gasteiger partial charge >= 0.3 is 0 Å². The third kappa shape index (κ3) is 5.43. The van der Waals surface area contributed by atoms with Crippen LogP contribution in [0.4, 0.5) is 15.9 Å². The molecule has 0 bridgehead atoms. The van der Waals surface area contributed by atoms with E-state index in [2.05, 4.69) is 20.2 Å². The van der Waals surface area contributed by atoms with Gasteiger partial charge in [0.1, 0.15) is 18.0 Å². The van der Waals surface area contributed by atoms with Gasteiger partial charge in [0, 0.05) is 43.9 Å². The predicted molar refractivity (Wildman–Crippen MR) is 139 cm³/mol. The van der Waals surface area contributed by atoms with Crippen molar-refractivity contribution in [3.8, 4) is 0 Å². The van der Waals surface area contributed by atoms with Crippen molar-refractivity contribution in [1.29, 1.82) is 0 Å². The number of benzene rings is 1. The van der Waals surface area contributed by atoms with E-state index >= 15 is 0 Å². The summed E-state index contributed by atoms with van der Waals surface area (Å²) in [5.41, 5.74) is 9.14. The van der Waals surface area contributed by atoms with Crippen molar-refractivity contribution in [1.82, 2.24) is 19.8 Å². The molecule has 5 rings (SSSR count). The summed E-state index contributed by atoms with van der Waals surface area (Å²) in [4.78, 5) is 26.9. The van der Waals surface area contributed by atoms with E-state index in [9.17, 15) is 9.18 Å². The molecule has 10 heteroatoms. The molecular weight excluding hydrogens is 483 g/mol. The lowest BCUT2D eigenvalue weighted by Crippen LogP contribution is -2.66. The van der Waals surface area contributed by atoms with Gasteiger partial charge in [0.25, 0.3) is 0 Å². The molecule has 0 unspecified atom stereocenters. The number of nitrogens with zero attached hydrogens (tertiary/aromatic N) is 4. The zero-order valence-electron chi connectivity index (χ0n) is 21.2. The molecule has 1 aromatic carbocycles. The molecule has 2 aliphatic heterocycles. The monoisotopic (exact) mass is 518 g/mol. The highest BCUT2D eigenvalue weighted by Gasteiger charge is 2.51. The lowest BCUT2D eigenvalue weighted by molar-refractivity contribution is -0.157. The third-order valence-electron chi connectivity index (χ3n) is 7.20. The van der Waals surface area contributed by atoms with Crippen molar-refractivity contribution in [2.45, 2.75) is 64.8 Å². The molecule has 3 aliphatic rings. The molecule has 1 aliphatic carbocycles. The molecule has 2 fully saturated rings. The number of fused-ring (bicyclic) bond motifs is 1. The van der Waals surface area contributed by atoms with Gasteiger partial charge in [-0.05, 0) is 54.1 Å². The van der Waals surface area contributed by atoms with Gasteiger partial charge in [-0.15, -0.1) is 0 Å². The largest absolute Gasteiger partial charge is 0.399 e. The SMILES string of the molecule is CC.Nc1cc(CF)cc(CNc2nc(Cl)nc3c2CN(C(=O)C2(N4CCOCC4)CCC2)CC3)c1. The average molecular weight is 519 g/mol. The molecule has 1 saturated carbocycles. The quantitative estimate of drug-likeness (QED) is 0.441. The number of nitrogens with one attached hydrogen (secondary N) is 1. The molecular formula is C26H36ClFN6O2. The summed E-state index contributed by atoms with van der Waals surface area (Å²) in [5.74, 6) is 0.793. The number of anilines is 2. The van der Waals surface area contributed by atoms with Crippen molar-refractivity contribution < 1.29 is 13.9 Å². The maximum absolute atomic E-state index is 13.8. The van der Waals surface area contributed by atoms with E-state index in [1.54, 1.807) is 18.2 Å². The molecule has 1 amide bonds. The first-order valence-electron chi connectivity index (χ1n) is 12.8. The van der Waals surface area contributed by atoms with E-state index in [0.29, 0.717) is 56.3 Å². The summed E-state index contributed by atoms with van der Waals surface area (Å²) in [5, 5.41) is 3.49. The van der Waals surface area contributed by atoms with Gasteiger partial charge in [-0.2, -0.15) is 0 Å². The number of hydrogen-bond acceptors (Lipinski definition) is 7. The van der Waals surface area contributed by atoms with Crippen molar-refractivity contribution in [2.75, 3.05) is 43.9 Å². The van der Waals surface area contributed by atoms with Crippen LogP contribution in [0, 0.1) is 0 Å². The van der Waals surface area contributed by atoms with E-state index in [1.165, 1.54) is 0 Å². The number of carbonyl (C=O) groups excluding carboxylic acids is 1. The molecule has 0 radical (unpaired) electrons. The second kappa shape index (κ2) is 11.7. The number of halogens is 2. The molecule has 0 spiro atoms. The summed E-state index contributed by atoms with van der Waals surface area (Å²) in [6.07, 6.45) is 3.48. The smallest absolute Gasteiger partial charge is 0.243 e. The summed E-state index contributed by atoms with van der Waals surface area (Å²) in [6.45, 7) is 7.81. The van der Waals surface area contributed by atoms with E-state index in [4.69, 9.17) is 22.1 Å². The van der Waals surface area contributed by atoms with Crippen LogP contribution >= 0.6 is 11.6 Å². The van der Waals surface area contributed by atoms with Crippen molar-refractivity contribution in [2.24, 2.45) is 0 Å². The van der Waals surface area contributed by atoms with Crippen LogP contribution in [-0.4, -0.2) is 64.1 Å². The Morgan fingerprint density at radius 1 is 1.17 bits per heavy atom. The van der Waals surface area contributed by atoms with Gasteiger partial charge in [0.05, 0.1) is 25.5 Å². The maximum Gasteiger partial charge on any atom is 0.243 e. The van der Waals surface area contributed by atoms with Gasteiger partial charge in [-0.1, -0.05) is 19.9 Å².